The highest BCUT2D eigenvalue weighted by atomic mass is 79.9. The Balaban J connectivity index is 1.58. The summed E-state index contributed by atoms with van der Waals surface area (Å²) in [5, 5.41) is 14.6. The van der Waals surface area contributed by atoms with Crippen molar-refractivity contribution in [1.82, 2.24) is 15.0 Å². The summed E-state index contributed by atoms with van der Waals surface area (Å²) in [7, 11) is 0. The lowest BCUT2D eigenvalue weighted by molar-refractivity contribution is -0.118. The van der Waals surface area contributed by atoms with Crippen LogP contribution in [0.2, 0.25) is 0 Å². The summed E-state index contributed by atoms with van der Waals surface area (Å²) in [4.78, 5) is 30.3. The minimum atomic E-state index is -0.343. The monoisotopic (exact) mass is 522 g/mol. The lowest BCUT2D eigenvalue weighted by atomic mass is 10.1. The molecule has 2 N–H and O–H groups in total. The van der Waals surface area contributed by atoms with E-state index in [1.165, 1.54) is 4.57 Å². The summed E-state index contributed by atoms with van der Waals surface area (Å²) < 4.78 is 2.40. The van der Waals surface area contributed by atoms with Crippen LogP contribution in [0.1, 0.15) is 12.5 Å². The van der Waals surface area contributed by atoms with Crippen LogP contribution in [0.15, 0.2) is 92.3 Å². The molecule has 0 bridgehead atoms. The van der Waals surface area contributed by atoms with Gasteiger partial charge in [-0.25, -0.2) is 10.4 Å². The van der Waals surface area contributed by atoms with Crippen molar-refractivity contribution in [3.05, 3.63) is 93.2 Å². The van der Waals surface area contributed by atoms with Crippen molar-refractivity contribution in [3.63, 3.8) is 0 Å². The van der Waals surface area contributed by atoms with Gasteiger partial charge in [0.15, 0.2) is 5.16 Å². The predicted octanol–water partition coefficient (Wildman–Crippen LogP) is 4.49. The highest BCUT2D eigenvalue weighted by Crippen LogP contribution is 2.22. The molecular formula is C24H19BrN4O3S. The second-order valence-electron chi connectivity index (χ2n) is 7.10. The first-order chi connectivity index (χ1) is 15.9. The number of nitrogens with zero attached hydrogens (tertiary/aromatic N) is 3. The van der Waals surface area contributed by atoms with E-state index in [0.717, 1.165) is 16.2 Å². The van der Waals surface area contributed by atoms with E-state index in [0.29, 0.717) is 33.0 Å². The zero-order chi connectivity index (χ0) is 23.4. The number of halogens is 1. The summed E-state index contributed by atoms with van der Waals surface area (Å²) in [5.41, 5.74) is 4.78. The number of fused-ring (bicyclic) bond motifs is 1. The Morgan fingerprint density at radius 3 is 2.64 bits per heavy atom. The summed E-state index contributed by atoms with van der Waals surface area (Å²) >= 11 is 4.56. The molecule has 1 aromatic heterocycles. The number of hydrazone groups is 1. The Kier molecular flexibility index (Phi) is 6.90. The van der Waals surface area contributed by atoms with Gasteiger partial charge < -0.3 is 5.11 Å². The minimum Gasteiger partial charge on any atom is -0.508 e. The quantitative estimate of drug-likeness (QED) is 0.168. The van der Waals surface area contributed by atoms with Gasteiger partial charge in [-0.05, 0) is 55.5 Å². The lowest BCUT2D eigenvalue weighted by Crippen LogP contribution is -2.24. The van der Waals surface area contributed by atoms with E-state index in [4.69, 9.17) is 0 Å². The normalized spacial score (nSPS) is 11.5. The molecule has 0 unspecified atom stereocenters. The van der Waals surface area contributed by atoms with Crippen molar-refractivity contribution in [2.45, 2.75) is 12.1 Å². The predicted molar refractivity (Wildman–Crippen MR) is 134 cm³/mol. The van der Waals surface area contributed by atoms with Crippen molar-refractivity contribution in [2.75, 3.05) is 5.75 Å². The zero-order valence-electron chi connectivity index (χ0n) is 17.5. The second kappa shape index (κ2) is 10.0. The molecule has 0 aliphatic carbocycles. The fourth-order valence-electron chi connectivity index (χ4n) is 3.13. The molecule has 7 nitrogen and oxygen atoms in total. The molecule has 0 fully saturated rings. The van der Waals surface area contributed by atoms with Crippen molar-refractivity contribution < 1.29 is 9.90 Å². The number of hydrogen-bond acceptors (Lipinski definition) is 6. The van der Waals surface area contributed by atoms with E-state index < -0.39 is 0 Å². The first-order valence-electron chi connectivity index (χ1n) is 9.95. The minimum absolute atomic E-state index is 0.0120. The maximum absolute atomic E-state index is 13.2. The fraction of sp³-hybridized carbons (Fsp3) is 0.0833. The number of phenolic OH excluding ortho intramolecular Hbond substituents is 1. The van der Waals surface area contributed by atoms with Gasteiger partial charge in [-0.3, -0.25) is 14.2 Å². The molecule has 33 heavy (non-hydrogen) atoms. The van der Waals surface area contributed by atoms with E-state index in [-0.39, 0.29) is 23.0 Å². The van der Waals surface area contributed by atoms with Crippen molar-refractivity contribution >= 4 is 50.2 Å². The SMILES string of the molecule is C/C(=N\NC(=O)CSc1nc2ccccc2c(=O)n1-c1ccc(Br)cc1)c1cccc(O)c1. The van der Waals surface area contributed by atoms with Gasteiger partial charge in [0.1, 0.15) is 5.75 Å². The lowest BCUT2D eigenvalue weighted by Gasteiger charge is -2.13. The van der Waals surface area contributed by atoms with Crippen LogP contribution in [-0.4, -0.2) is 32.0 Å². The van der Waals surface area contributed by atoms with Crippen LogP contribution >= 0.6 is 27.7 Å². The number of nitrogens with one attached hydrogen (secondary N) is 1. The third kappa shape index (κ3) is 5.32. The topological polar surface area (TPSA) is 96.6 Å². The Morgan fingerprint density at radius 1 is 1.12 bits per heavy atom. The van der Waals surface area contributed by atoms with E-state index in [9.17, 15) is 14.7 Å². The number of benzene rings is 3. The number of thioether (sulfide) groups is 1. The number of carbonyl (C=O) groups is 1. The smallest absolute Gasteiger partial charge is 0.266 e. The van der Waals surface area contributed by atoms with Gasteiger partial charge in [0.2, 0.25) is 0 Å². The van der Waals surface area contributed by atoms with E-state index in [1.807, 2.05) is 30.3 Å². The number of amides is 1. The molecule has 1 heterocycles. The standard InChI is InChI=1S/C24H19BrN4O3S/c1-15(16-5-4-6-19(30)13-16)27-28-22(31)14-33-24-26-21-8-3-2-7-20(21)23(32)29(24)18-11-9-17(25)10-12-18/h2-13,30H,14H2,1H3,(H,28,31)/b27-15+. The molecule has 0 radical (unpaired) electrons. The molecule has 9 heteroatoms. The highest BCUT2D eigenvalue weighted by molar-refractivity contribution is 9.10. The van der Waals surface area contributed by atoms with Crippen LogP contribution in [0.4, 0.5) is 0 Å². The van der Waals surface area contributed by atoms with E-state index in [1.54, 1.807) is 49.4 Å². The summed E-state index contributed by atoms with van der Waals surface area (Å²) in [6, 6.07) is 21.1. The molecule has 3 aromatic carbocycles. The van der Waals surface area contributed by atoms with Crippen molar-refractivity contribution in [3.8, 4) is 11.4 Å². The molecule has 0 aliphatic heterocycles. The molecule has 0 spiro atoms. The van der Waals surface area contributed by atoms with Gasteiger partial charge in [-0.1, -0.05) is 52.0 Å². The largest absolute Gasteiger partial charge is 0.508 e. The number of aromatic nitrogens is 2. The molecule has 0 saturated heterocycles. The number of para-hydroxylation sites is 1. The Labute approximate surface area is 202 Å². The van der Waals surface area contributed by atoms with Crippen LogP contribution < -0.4 is 11.0 Å². The van der Waals surface area contributed by atoms with Crippen LogP contribution in [0, 0.1) is 0 Å². The summed E-state index contributed by atoms with van der Waals surface area (Å²) in [6.45, 7) is 1.73. The molecular weight excluding hydrogens is 504 g/mol. The third-order valence-electron chi connectivity index (χ3n) is 4.77. The third-order valence-corrected chi connectivity index (χ3v) is 6.24. The van der Waals surface area contributed by atoms with E-state index in [2.05, 4.69) is 31.4 Å². The van der Waals surface area contributed by atoms with Gasteiger partial charge in [-0.2, -0.15) is 5.10 Å². The maximum Gasteiger partial charge on any atom is 0.266 e. The maximum atomic E-state index is 13.2. The fourth-order valence-corrected chi connectivity index (χ4v) is 4.20. The Bertz CT molecular complexity index is 1420. The molecule has 1 amide bonds. The highest BCUT2D eigenvalue weighted by Gasteiger charge is 2.15. The molecule has 0 atom stereocenters. The molecule has 4 rings (SSSR count). The number of phenols is 1. The molecule has 0 saturated carbocycles. The Morgan fingerprint density at radius 2 is 1.88 bits per heavy atom. The zero-order valence-corrected chi connectivity index (χ0v) is 19.9. The summed E-state index contributed by atoms with van der Waals surface area (Å²) in [5.74, 6) is -0.209. The average Bonchev–Trinajstić information content (AvgIpc) is 2.82. The average molecular weight is 523 g/mol. The second-order valence-corrected chi connectivity index (χ2v) is 8.96. The van der Waals surface area contributed by atoms with Crippen molar-refractivity contribution in [2.24, 2.45) is 5.10 Å². The first-order valence-corrected chi connectivity index (χ1v) is 11.7. The number of hydrogen-bond donors (Lipinski definition) is 2. The Hall–Kier alpha value is -3.43. The van der Waals surface area contributed by atoms with Gasteiger partial charge in [0.25, 0.3) is 11.5 Å². The molecule has 0 aliphatic rings. The molecule has 4 aromatic rings. The number of aromatic hydroxyl groups is 1. The van der Waals surface area contributed by atoms with Crippen LogP contribution in [0.3, 0.4) is 0 Å². The van der Waals surface area contributed by atoms with Gasteiger partial charge in [0.05, 0.1) is 28.1 Å². The molecule has 166 valence electrons. The number of carbonyl (C=O) groups excluding carboxylic acids is 1. The number of rotatable bonds is 6. The van der Waals surface area contributed by atoms with Gasteiger partial charge in [-0.15, -0.1) is 0 Å². The van der Waals surface area contributed by atoms with Gasteiger partial charge >= 0.3 is 0 Å². The van der Waals surface area contributed by atoms with E-state index >= 15 is 0 Å². The summed E-state index contributed by atoms with van der Waals surface area (Å²) in [6.07, 6.45) is 0. The van der Waals surface area contributed by atoms with Crippen LogP contribution in [0.25, 0.3) is 16.6 Å². The van der Waals surface area contributed by atoms with Crippen LogP contribution in [0.5, 0.6) is 5.75 Å². The first kappa shape index (κ1) is 22.8. The van der Waals surface area contributed by atoms with Crippen molar-refractivity contribution in [1.29, 1.82) is 0 Å². The van der Waals surface area contributed by atoms with Crippen LogP contribution in [-0.2, 0) is 4.79 Å². The van der Waals surface area contributed by atoms with Gasteiger partial charge in [0, 0.05) is 10.0 Å².